The average molecular weight is 273 g/mol. The zero-order chi connectivity index (χ0) is 13.2. The molecule has 0 spiro atoms. The molecule has 18 heavy (non-hydrogen) atoms. The molecule has 0 atom stereocenters. The zero-order valence-electron chi connectivity index (χ0n) is 10.2. The van der Waals surface area contributed by atoms with Crippen LogP contribution in [0.1, 0.15) is 19.3 Å². The summed E-state index contributed by atoms with van der Waals surface area (Å²) in [6.07, 6.45) is 2.80. The molecular formula is C12H16FNO3S. The highest BCUT2D eigenvalue weighted by Gasteiger charge is 2.26. The topological polar surface area (TPSA) is 46.6 Å². The minimum atomic E-state index is -3.52. The number of sulfonamides is 1. The third kappa shape index (κ3) is 2.49. The molecule has 0 radical (unpaired) electrons. The van der Waals surface area contributed by atoms with Crippen LogP contribution in [-0.4, -0.2) is 32.9 Å². The van der Waals surface area contributed by atoms with Gasteiger partial charge < -0.3 is 4.74 Å². The smallest absolute Gasteiger partial charge is 0.243 e. The monoisotopic (exact) mass is 273 g/mol. The lowest BCUT2D eigenvalue weighted by atomic mass is 10.2. The number of halogens is 1. The van der Waals surface area contributed by atoms with Crippen molar-refractivity contribution in [1.29, 1.82) is 0 Å². The highest BCUT2D eigenvalue weighted by Crippen LogP contribution is 2.25. The maximum atomic E-state index is 13.3. The van der Waals surface area contributed by atoms with Crippen molar-refractivity contribution < 1.29 is 17.5 Å². The first-order valence-electron chi connectivity index (χ1n) is 5.89. The van der Waals surface area contributed by atoms with E-state index in [1.807, 2.05) is 0 Å². The second-order valence-electron chi connectivity index (χ2n) is 4.26. The normalized spacial score (nSPS) is 17.7. The molecule has 1 fully saturated rings. The molecule has 0 N–H and O–H groups in total. The second-order valence-corrected chi connectivity index (χ2v) is 6.20. The lowest BCUT2D eigenvalue weighted by Crippen LogP contribution is -2.35. The van der Waals surface area contributed by atoms with Gasteiger partial charge in [0.1, 0.15) is 0 Å². The van der Waals surface area contributed by atoms with Gasteiger partial charge in [-0.05, 0) is 25.0 Å². The van der Waals surface area contributed by atoms with Crippen LogP contribution >= 0.6 is 0 Å². The minimum absolute atomic E-state index is 0.0481. The van der Waals surface area contributed by atoms with Gasteiger partial charge in [-0.1, -0.05) is 6.42 Å². The number of rotatable bonds is 3. The molecule has 4 nitrogen and oxygen atoms in total. The minimum Gasteiger partial charge on any atom is -0.494 e. The number of benzene rings is 1. The molecule has 2 rings (SSSR count). The van der Waals surface area contributed by atoms with Crippen molar-refractivity contribution in [2.75, 3.05) is 20.2 Å². The van der Waals surface area contributed by atoms with Crippen molar-refractivity contribution >= 4 is 10.0 Å². The lowest BCUT2D eigenvalue weighted by Gasteiger charge is -2.26. The Bertz CT molecular complexity index is 524. The first kappa shape index (κ1) is 13.3. The summed E-state index contributed by atoms with van der Waals surface area (Å²) < 4.78 is 44.2. The van der Waals surface area contributed by atoms with E-state index in [-0.39, 0.29) is 10.6 Å². The molecule has 1 aromatic carbocycles. The third-order valence-electron chi connectivity index (χ3n) is 3.08. The van der Waals surface area contributed by atoms with Gasteiger partial charge in [0.05, 0.1) is 12.0 Å². The van der Waals surface area contributed by atoms with Crippen LogP contribution in [0.15, 0.2) is 23.1 Å². The molecule has 1 aromatic rings. The van der Waals surface area contributed by atoms with Crippen LogP contribution in [0.5, 0.6) is 5.75 Å². The second kappa shape index (κ2) is 5.24. The number of ether oxygens (including phenoxy) is 1. The summed E-state index contributed by atoms with van der Waals surface area (Å²) in [4.78, 5) is 0.0858. The van der Waals surface area contributed by atoms with E-state index in [0.717, 1.165) is 25.3 Å². The summed E-state index contributed by atoms with van der Waals surface area (Å²) in [6, 6.07) is 3.64. The van der Waals surface area contributed by atoms with Crippen LogP contribution in [0.2, 0.25) is 0 Å². The molecule has 1 aliphatic rings. The molecular weight excluding hydrogens is 257 g/mol. The van der Waals surface area contributed by atoms with Crippen LogP contribution in [0.25, 0.3) is 0 Å². The zero-order valence-corrected chi connectivity index (χ0v) is 11.0. The molecule has 0 amide bonds. The maximum Gasteiger partial charge on any atom is 0.243 e. The van der Waals surface area contributed by atoms with Crippen molar-refractivity contribution in [3.63, 3.8) is 0 Å². The van der Waals surface area contributed by atoms with Crippen LogP contribution in [0.3, 0.4) is 0 Å². The van der Waals surface area contributed by atoms with E-state index in [2.05, 4.69) is 0 Å². The summed E-state index contributed by atoms with van der Waals surface area (Å²) in [6.45, 7) is 1.06. The fraction of sp³-hybridized carbons (Fsp3) is 0.500. The maximum absolute atomic E-state index is 13.3. The van der Waals surface area contributed by atoms with Crippen molar-refractivity contribution in [3.05, 3.63) is 24.0 Å². The number of nitrogens with zero attached hydrogens (tertiary/aromatic N) is 1. The van der Waals surface area contributed by atoms with Crippen LogP contribution in [0.4, 0.5) is 4.39 Å². The van der Waals surface area contributed by atoms with Gasteiger partial charge in [0.25, 0.3) is 0 Å². The average Bonchev–Trinajstić information content (AvgIpc) is 2.40. The van der Waals surface area contributed by atoms with Crippen LogP contribution in [-0.2, 0) is 10.0 Å². The summed E-state index contributed by atoms with van der Waals surface area (Å²) >= 11 is 0. The van der Waals surface area contributed by atoms with Crippen molar-refractivity contribution in [2.45, 2.75) is 24.2 Å². The predicted octanol–water partition coefficient (Wildman–Crippen LogP) is 2.01. The first-order valence-corrected chi connectivity index (χ1v) is 7.33. The van der Waals surface area contributed by atoms with Crippen molar-refractivity contribution in [2.24, 2.45) is 0 Å². The van der Waals surface area contributed by atoms with Gasteiger partial charge >= 0.3 is 0 Å². The standard InChI is InChI=1S/C12H16FNO3S/c1-17-12-9-10(5-6-11(12)13)18(15,16)14-7-3-2-4-8-14/h5-6,9H,2-4,7-8H2,1H3. The van der Waals surface area contributed by atoms with Gasteiger partial charge in [0, 0.05) is 19.2 Å². The summed E-state index contributed by atoms with van der Waals surface area (Å²) in [7, 11) is -2.21. The van der Waals surface area contributed by atoms with Gasteiger partial charge in [-0.2, -0.15) is 4.31 Å². The Balaban J connectivity index is 2.34. The molecule has 1 heterocycles. The van der Waals surface area contributed by atoms with Gasteiger partial charge in [-0.15, -0.1) is 0 Å². The van der Waals surface area contributed by atoms with Gasteiger partial charge in [0.15, 0.2) is 11.6 Å². The Hall–Kier alpha value is -1.14. The summed E-state index contributed by atoms with van der Waals surface area (Å²) in [5.41, 5.74) is 0. The van der Waals surface area contributed by atoms with Gasteiger partial charge in [-0.25, -0.2) is 12.8 Å². The van der Waals surface area contributed by atoms with Crippen molar-refractivity contribution in [1.82, 2.24) is 4.31 Å². The fourth-order valence-corrected chi connectivity index (χ4v) is 3.59. The Morgan fingerprint density at radius 1 is 1.22 bits per heavy atom. The Morgan fingerprint density at radius 2 is 1.89 bits per heavy atom. The lowest BCUT2D eigenvalue weighted by molar-refractivity contribution is 0.346. The molecule has 0 unspecified atom stereocenters. The fourth-order valence-electron chi connectivity index (χ4n) is 2.05. The molecule has 6 heteroatoms. The van der Waals surface area contributed by atoms with Crippen molar-refractivity contribution in [3.8, 4) is 5.75 Å². The SMILES string of the molecule is COc1cc(S(=O)(=O)N2CCCCC2)ccc1F. The number of hydrogen-bond donors (Lipinski definition) is 0. The van der Waals surface area contributed by atoms with E-state index in [0.29, 0.717) is 13.1 Å². The number of methoxy groups -OCH3 is 1. The van der Waals surface area contributed by atoms with Gasteiger partial charge in [-0.3, -0.25) is 0 Å². The largest absolute Gasteiger partial charge is 0.494 e. The molecule has 0 aliphatic carbocycles. The highest BCUT2D eigenvalue weighted by molar-refractivity contribution is 7.89. The molecule has 100 valence electrons. The van der Waals surface area contributed by atoms with E-state index < -0.39 is 15.8 Å². The molecule has 0 saturated carbocycles. The number of hydrogen-bond acceptors (Lipinski definition) is 3. The molecule has 0 bridgehead atoms. The van der Waals surface area contributed by atoms with E-state index in [1.165, 1.54) is 23.5 Å². The first-order chi connectivity index (χ1) is 8.55. The predicted molar refractivity (Wildman–Crippen MR) is 65.6 cm³/mol. The Morgan fingerprint density at radius 3 is 2.50 bits per heavy atom. The van der Waals surface area contributed by atoms with E-state index in [4.69, 9.17) is 4.74 Å². The summed E-state index contributed by atoms with van der Waals surface area (Å²) in [5, 5.41) is 0. The van der Waals surface area contributed by atoms with E-state index in [9.17, 15) is 12.8 Å². The quantitative estimate of drug-likeness (QED) is 0.846. The van der Waals surface area contributed by atoms with Crippen LogP contribution in [0, 0.1) is 5.82 Å². The Kier molecular flexibility index (Phi) is 3.87. The summed E-state index contributed by atoms with van der Waals surface area (Å²) in [5.74, 6) is -0.608. The molecule has 1 saturated heterocycles. The molecule has 0 aromatic heterocycles. The van der Waals surface area contributed by atoms with Gasteiger partial charge in [0.2, 0.25) is 10.0 Å². The highest BCUT2D eigenvalue weighted by atomic mass is 32.2. The van der Waals surface area contributed by atoms with Crippen LogP contribution < -0.4 is 4.74 Å². The molecule has 1 aliphatic heterocycles. The number of piperidine rings is 1. The van der Waals surface area contributed by atoms with E-state index in [1.54, 1.807) is 0 Å². The van der Waals surface area contributed by atoms with E-state index >= 15 is 0 Å². The Labute approximate surface area is 106 Å². The third-order valence-corrected chi connectivity index (χ3v) is 4.97.